The molecule has 0 fully saturated rings. The lowest BCUT2D eigenvalue weighted by molar-refractivity contribution is 0.425. The molecule has 16 heavy (non-hydrogen) atoms. The number of aromatic nitrogens is 2. The van der Waals surface area contributed by atoms with Crippen molar-refractivity contribution in [1.29, 1.82) is 0 Å². The normalized spacial score (nSPS) is 12.9. The van der Waals surface area contributed by atoms with Gasteiger partial charge in [0.1, 0.15) is 0 Å². The summed E-state index contributed by atoms with van der Waals surface area (Å²) >= 11 is 3.35. The third kappa shape index (κ3) is 2.84. The predicted molar refractivity (Wildman–Crippen MR) is 67.4 cm³/mol. The van der Waals surface area contributed by atoms with Gasteiger partial charge >= 0.3 is 0 Å². The molecule has 1 atom stereocenters. The molecule has 2 rings (SSSR count). The van der Waals surface area contributed by atoms with E-state index in [-0.39, 0.29) is 0 Å². The van der Waals surface area contributed by atoms with Gasteiger partial charge in [-0.1, -0.05) is 12.1 Å². The van der Waals surface area contributed by atoms with E-state index in [0.29, 0.717) is 17.7 Å². The first-order valence-electron chi connectivity index (χ1n) is 4.96. The van der Waals surface area contributed by atoms with Gasteiger partial charge in [-0.25, -0.2) is 0 Å². The van der Waals surface area contributed by atoms with E-state index in [1.165, 1.54) is 0 Å². The lowest BCUT2D eigenvalue weighted by atomic mass is 10.3. The van der Waals surface area contributed by atoms with Crippen molar-refractivity contribution in [3.05, 3.63) is 22.7 Å². The highest BCUT2D eigenvalue weighted by atomic mass is 32.2. The van der Waals surface area contributed by atoms with Crippen molar-refractivity contribution in [2.75, 3.05) is 6.54 Å². The molecule has 0 bridgehead atoms. The zero-order chi connectivity index (χ0) is 11.4. The van der Waals surface area contributed by atoms with E-state index in [1.807, 2.05) is 16.8 Å². The van der Waals surface area contributed by atoms with Crippen molar-refractivity contribution in [3.8, 4) is 11.5 Å². The second-order valence-corrected chi connectivity index (χ2v) is 5.59. The third-order valence-electron chi connectivity index (χ3n) is 2.07. The van der Waals surface area contributed by atoms with E-state index in [9.17, 15) is 0 Å². The van der Waals surface area contributed by atoms with Crippen LogP contribution in [-0.2, 0) is 5.75 Å². The summed E-state index contributed by atoms with van der Waals surface area (Å²) in [5, 5.41) is 8.34. The summed E-state index contributed by atoms with van der Waals surface area (Å²) in [5.74, 6) is 2.06. The molecule has 0 amide bonds. The van der Waals surface area contributed by atoms with Crippen LogP contribution < -0.4 is 5.73 Å². The third-order valence-corrected chi connectivity index (χ3v) is 3.93. The van der Waals surface area contributed by atoms with Crippen molar-refractivity contribution in [2.24, 2.45) is 5.73 Å². The number of hydrogen-bond acceptors (Lipinski definition) is 6. The Morgan fingerprint density at radius 3 is 3.19 bits per heavy atom. The van der Waals surface area contributed by atoms with Gasteiger partial charge in [0.15, 0.2) is 5.82 Å². The fraction of sp³-hybridized carbons (Fsp3) is 0.400. The van der Waals surface area contributed by atoms with Crippen molar-refractivity contribution in [2.45, 2.75) is 17.9 Å². The summed E-state index contributed by atoms with van der Waals surface area (Å²) in [5.41, 5.74) is 6.52. The number of nitrogens with zero attached hydrogens (tertiary/aromatic N) is 2. The zero-order valence-corrected chi connectivity index (χ0v) is 10.6. The molecule has 2 aromatic rings. The van der Waals surface area contributed by atoms with Crippen LogP contribution in [0.4, 0.5) is 0 Å². The van der Waals surface area contributed by atoms with E-state index in [4.69, 9.17) is 10.3 Å². The monoisotopic (exact) mass is 255 g/mol. The SMILES string of the molecule is CC(CN)SCc1noc(-c2ccsc2)n1. The zero-order valence-electron chi connectivity index (χ0n) is 8.92. The van der Waals surface area contributed by atoms with Gasteiger partial charge in [-0.2, -0.15) is 16.3 Å². The molecular weight excluding hydrogens is 242 g/mol. The van der Waals surface area contributed by atoms with E-state index in [1.54, 1.807) is 23.1 Å². The smallest absolute Gasteiger partial charge is 0.258 e. The van der Waals surface area contributed by atoms with Gasteiger partial charge in [0.2, 0.25) is 0 Å². The quantitative estimate of drug-likeness (QED) is 0.888. The highest BCUT2D eigenvalue weighted by molar-refractivity contribution is 7.99. The van der Waals surface area contributed by atoms with Gasteiger partial charge < -0.3 is 10.3 Å². The number of hydrogen-bond donors (Lipinski definition) is 1. The van der Waals surface area contributed by atoms with Crippen LogP contribution in [-0.4, -0.2) is 21.9 Å². The largest absolute Gasteiger partial charge is 0.334 e. The lowest BCUT2D eigenvalue weighted by Crippen LogP contribution is -2.12. The van der Waals surface area contributed by atoms with Crippen LogP contribution in [0, 0.1) is 0 Å². The van der Waals surface area contributed by atoms with Crippen LogP contribution in [0.25, 0.3) is 11.5 Å². The molecule has 0 radical (unpaired) electrons. The molecule has 0 aliphatic carbocycles. The lowest BCUT2D eigenvalue weighted by Gasteiger charge is -2.04. The van der Waals surface area contributed by atoms with Crippen LogP contribution in [0.15, 0.2) is 21.3 Å². The number of nitrogens with two attached hydrogens (primary N) is 1. The number of rotatable bonds is 5. The van der Waals surface area contributed by atoms with Crippen molar-refractivity contribution in [3.63, 3.8) is 0 Å². The maximum absolute atomic E-state index is 5.53. The first-order chi connectivity index (χ1) is 7.79. The summed E-state index contributed by atoms with van der Waals surface area (Å²) in [6.07, 6.45) is 0. The number of thioether (sulfide) groups is 1. The molecule has 2 heterocycles. The van der Waals surface area contributed by atoms with Crippen molar-refractivity contribution >= 4 is 23.1 Å². The second-order valence-electron chi connectivity index (χ2n) is 3.39. The van der Waals surface area contributed by atoms with Crippen LogP contribution in [0.5, 0.6) is 0 Å². The fourth-order valence-electron chi connectivity index (χ4n) is 1.10. The van der Waals surface area contributed by atoms with Crippen molar-refractivity contribution < 1.29 is 4.52 Å². The maximum Gasteiger partial charge on any atom is 0.258 e. The van der Waals surface area contributed by atoms with Crippen LogP contribution in [0.3, 0.4) is 0 Å². The fourth-order valence-corrected chi connectivity index (χ4v) is 2.42. The van der Waals surface area contributed by atoms with Gasteiger partial charge in [-0.05, 0) is 11.4 Å². The highest BCUT2D eigenvalue weighted by Crippen LogP contribution is 2.21. The molecule has 0 aliphatic rings. The molecule has 0 aliphatic heterocycles. The van der Waals surface area contributed by atoms with Gasteiger partial charge in [-0.3, -0.25) is 0 Å². The molecule has 2 N–H and O–H groups in total. The average molecular weight is 255 g/mol. The molecule has 0 spiro atoms. The predicted octanol–water partition coefficient (Wildman–Crippen LogP) is 2.38. The molecule has 0 saturated carbocycles. The molecule has 1 unspecified atom stereocenters. The Balaban J connectivity index is 1.98. The summed E-state index contributed by atoms with van der Waals surface area (Å²) in [6, 6.07) is 1.97. The Bertz CT molecular complexity index is 427. The topological polar surface area (TPSA) is 64.9 Å². The van der Waals surface area contributed by atoms with E-state index >= 15 is 0 Å². The average Bonchev–Trinajstić information content (AvgIpc) is 2.95. The summed E-state index contributed by atoms with van der Waals surface area (Å²) < 4.78 is 5.18. The summed E-state index contributed by atoms with van der Waals surface area (Å²) in [4.78, 5) is 4.33. The van der Waals surface area contributed by atoms with E-state index in [2.05, 4.69) is 17.1 Å². The Morgan fingerprint density at radius 1 is 1.62 bits per heavy atom. The van der Waals surface area contributed by atoms with Gasteiger partial charge in [0.05, 0.1) is 11.3 Å². The van der Waals surface area contributed by atoms with Gasteiger partial charge in [0, 0.05) is 17.2 Å². The molecule has 6 heteroatoms. The van der Waals surface area contributed by atoms with Gasteiger partial charge in [0.25, 0.3) is 5.89 Å². The molecule has 0 aromatic carbocycles. The van der Waals surface area contributed by atoms with E-state index < -0.39 is 0 Å². The Morgan fingerprint density at radius 2 is 2.50 bits per heavy atom. The molecular formula is C10H13N3OS2. The second kappa shape index (κ2) is 5.47. The number of thiophene rings is 1. The maximum atomic E-state index is 5.53. The molecule has 0 saturated heterocycles. The summed E-state index contributed by atoms with van der Waals surface area (Å²) in [6.45, 7) is 2.75. The standard InChI is InChI=1S/C10H13N3OS2/c1-7(4-11)16-6-9-12-10(14-13-9)8-2-3-15-5-8/h2-3,5,7H,4,6,11H2,1H3. The minimum Gasteiger partial charge on any atom is -0.334 e. The van der Waals surface area contributed by atoms with E-state index in [0.717, 1.165) is 17.1 Å². The van der Waals surface area contributed by atoms with Crippen molar-refractivity contribution in [1.82, 2.24) is 10.1 Å². The Hall–Kier alpha value is -0.850. The minimum atomic E-state index is 0.420. The molecule has 4 nitrogen and oxygen atoms in total. The Kier molecular flexibility index (Phi) is 3.98. The summed E-state index contributed by atoms with van der Waals surface area (Å²) in [7, 11) is 0. The van der Waals surface area contributed by atoms with Crippen LogP contribution in [0.1, 0.15) is 12.7 Å². The first kappa shape index (κ1) is 11.6. The minimum absolute atomic E-state index is 0.420. The van der Waals surface area contributed by atoms with Crippen LogP contribution >= 0.6 is 23.1 Å². The molecule has 2 aromatic heterocycles. The molecule has 86 valence electrons. The van der Waals surface area contributed by atoms with Crippen LogP contribution in [0.2, 0.25) is 0 Å². The first-order valence-corrected chi connectivity index (χ1v) is 6.95. The Labute approximate surface area is 102 Å². The highest BCUT2D eigenvalue weighted by Gasteiger charge is 2.10. The van der Waals surface area contributed by atoms with Gasteiger partial charge in [-0.15, -0.1) is 11.8 Å².